The fourth-order valence-electron chi connectivity index (χ4n) is 3.36. The number of rotatable bonds is 6. The standard InChI is InChI=1S/C18H24N2O2/c1-22-13-14-9-10-20(12-14)18(21)8-4-5-15-11-19-17-7-3-2-6-16(15)17/h2-3,6-7,11,14,19H,4-5,8-10,12-13H2,1H3. The molecule has 4 nitrogen and oxygen atoms in total. The second kappa shape index (κ2) is 6.97. The summed E-state index contributed by atoms with van der Waals surface area (Å²) in [5.74, 6) is 0.806. The average molecular weight is 300 g/mol. The number of aromatic nitrogens is 1. The summed E-state index contributed by atoms with van der Waals surface area (Å²) in [5, 5.41) is 1.27. The number of aryl methyl sites for hydroxylation is 1. The highest BCUT2D eigenvalue weighted by molar-refractivity contribution is 5.83. The smallest absolute Gasteiger partial charge is 0.222 e. The number of fused-ring (bicyclic) bond motifs is 1. The third-order valence-electron chi connectivity index (χ3n) is 4.55. The number of benzene rings is 1. The molecule has 0 radical (unpaired) electrons. The molecule has 2 aromatic rings. The Kier molecular flexibility index (Phi) is 4.78. The van der Waals surface area contributed by atoms with Crippen LogP contribution in [-0.2, 0) is 16.0 Å². The zero-order chi connectivity index (χ0) is 15.4. The number of likely N-dealkylation sites (tertiary alicyclic amines) is 1. The van der Waals surface area contributed by atoms with Crippen molar-refractivity contribution in [3.8, 4) is 0 Å². The van der Waals surface area contributed by atoms with Crippen LogP contribution in [0.2, 0.25) is 0 Å². The van der Waals surface area contributed by atoms with Gasteiger partial charge in [-0.05, 0) is 30.9 Å². The molecule has 3 rings (SSSR count). The molecular weight excluding hydrogens is 276 g/mol. The summed E-state index contributed by atoms with van der Waals surface area (Å²) in [7, 11) is 1.73. The van der Waals surface area contributed by atoms with Crippen LogP contribution in [-0.4, -0.2) is 42.6 Å². The van der Waals surface area contributed by atoms with Crippen molar-refractivity contribution in [1.82, 2.24) is 9.88 Å². The maximum absolute atomic E-state index is 12.3. The van der Waals surface area contributed by atoms with Gasteiger partial charge in [0.15, 0.2) is 0 Å². The molecule has 1 amide bonds. The van der Waals surface area contributed by atoms with E-state index < -0.39 is 0 Å². The summed E-state index contributed by atoms with van der Waals surface area (Å²) in [6.45, 7) is 2.51. The predicted molar refractivity (Wildman–Crippen MR) is 87.8 cm³/mol. The number of hydrogen-bond donors (Lipinski definition) is 1. The van der Waals surface area contributed by atoms with Crippen LogP contribution in [0, 0.1) is 5.92 Å². The van der Waals surface area contributed by atoms with E-state index in [1.54, 1.807) is 7.11 Å². The molecule has 4 heteroatoms. The van der Waals surface area contributed by atoms with Gasteiger partial charge in [0, 0.05) is 49.6 Å². The Bertz CT molecular complexity index is 635. The maximum atomic E-state index is 12.3. The van der Waals surface area contributed by atoms with Crippen molar-refractivity contribution >= 4 is 16.8 Å². The van der Waals surface area contributed by atoms with E-state index in [-0.39, 0.29) is 0 Å². The van der Waals surface area contributed by atoms with Crippen LogP contribution in [0.1, 0.15) is 24.8 Å². The Morgan fingerprint density at radius 2 is 2.27 bits per heavy atom. The normalized spacial score (nSPS) is 18.2. The van der Waals surface area contributed by atoms with E-state index in [4.69, 9.17) is 4.74 Å². The number of amides is 1. The van der Waals surface area contributed by atoms with Crippen LogP contribution >= 0.6 is 0 Å². The van der Waals surface area contributed by atoms with Crippen molar-refractivity contribution in [1.29, 1.82) is 0 Å². The molecule has 1 aliphatic rings. The molecule has 1 atom stereocenters. The lowest BCUT2D eigenvalue weighted by molar-refractivity contribution is -0.130. The highest BCUT2D eigenvalue weighted by Gasteiger charge is 2.25. The lowest BCUT2D eigenvalue weighted by atomic mass is 10.1. The Morgan fingerprint density at radius 3 is 3.14 bits per heavy atom. The SMILES string of the molecule is COCC1CCN(C(=O)CCCc2c[nH]c3ccccc23)C1. The summed E-state index contributed by atoms with van der Waals surface area (Å²) in [6, 6.07) is 8.32. The number of nitrogens with zero attached hydrogens (tertiary/aromatic N) is 1. The van der Waals surface area contributed by atoms with Crippen LogP contribution in [0.15, 0.2) is 30.5 Å². The van der Waals surface area contributed by atoms with E-state index in [0.29, 0.717) is 18.2 Å². The molecule has 1 aliphatic heterocycles. The van der Waals surface area contributed by atoms with Gasteiger partial charge in [-0.2, -0.15) is 0 Å². The quantitative estimate of drug-likeness (QED) is 0.891. The monoisotopic (exact) mass is 300 g/mol. The van der Waals surface area contributed by atoms with Crippen molar-refractivity contribution < 1.29 is 9.53 Å². The van der Waals surface area contributed by atoms with E-state index >= 15 is 0 Å². The lowest BCUT2D eigenvalue weighted by Crippen LogP contribution is -2.29. The predicted octanol–water partition coefficient (Wildman–Crippen LogP) is 2.99. The van der Waals surface area contributed by atoms with Crippen LogP contribution in [0.25, 0.3) is 10.9 Å². The first-order valence-electron chi connectivity index (χ1n) is 8.09. The molecule has 22 heavy (non-hydrogen) atoms. The molecule has 0 bridgehead atoms. The second-order valence-corrected chi connectivity index (χ2v) is 6.16. The van der Waals surface area contributed by atoms with Crippen molar-refractivity contribution in [2.75, 3.05) is 26.8 Å². The van der Waals surface area contributed by atoms with Gasteiger partial charge in [-0.3, -0.25) is 4.79 Å². The number of carbonyl (C=O) groups is 1. The number of hydrogen-bond acceptors (Lipinski definition) is 2. The molecule has 2 heterocycles. The van der Waals surface area contributed by atoms with Crippen molar-refractivity contribution in [3.63, 3.8) is 0 Å². The topological polar surface area (TPSA) is 45.3 Å². The van der Waals surface area contributed by atoms with Crippen LogP contribution < -0.4 is 0 Å². The molecule has 1 unspecified atom stereocenters. The molecule has 1 aromatic heterocycles. The Labute approximate surface area is 131 Å². The van der Waals surface area contributed by atoms with Gasteiger partial charge >= 0.3 is 0 Å². The fraction of sp³-hybridized carbons (Fsp3) is 0.500. The Hall–Kier alpha value is -1.81. The van der Waals surface area contributed by atoms with Gasteiger partial charge in [-0.15, -0.1) is 0 Å². The zero-order valence-electron chi connectivity index (χ0n) is 13.2. The van der Waals surface area contributed by atoms with Crippen molar-refractivity contribution in [3.05, 3.63) is 36.0 Å². The van der Waals surface area contributed by atoms with E-state index in [1.165, 1.54) is 16.5 Å². The van der Waals surface area contributed by atoms with Gasteiger partial charge < -0.3 is 14.6 Å². The van der Waals surface area contributed by atoms with Gasteiger partial charge in [0.1, 0.15) is 0 Å². The number of nitrogens with one attached hydrogen (secondary N) is 1. The van der Waals surface area contributed by atoms with Crippen molar-refractivity contribution in [2.45, 2.75) is 25.7 Å². The lowest BCUT2D eigenvalue weighted by Gasteiger charge is -2.16. The first-order valence-corrected chi connectivity index (χ1v) is 8.09. The summed E-state index contributed by atoms with van der Waals surface area (Å²) >= 11 is 0. The van der Waals surface area contributed by atoms with E-state index in [2.05, 4.69) is 29.4 Å². The van der Waals surface area contributed by atoms with Crippen LogP contribution in [0.4, 0.5) is 0 Å². The summed E-state index contributed by atoms with van der Waals surface area (Å²) < 4.78 is 5.18. The van der Waals surface area contributed by atoms with Gasteiger partial charge in [-0.1, -0.05) is 18.2 Å². The van der Waals surface area contributed by atoms with Gasteiger partial charge in [0.25, 0.3) is 0 Å². The number of H-pyrrole nitrogens is 1. The fourth-order valence-corrected chi connectivity index (χ4v) is 3.36. The number of carbonyl (C=O) groups excluding carboxylic acids is 1. The van der Waals surface area contributed by atoms with Gasteiger partial charge in [-0.25, -0.2) is 0 Å². The number of ether oxygens (including phenoxy) is 1. The van der Waals surface area contributed by atoms with Crippen LogP contribution in [0.5, 0.6) is 0 Å². The second-order valence-electron chi connectivity index (χ2n) is 6.16. The Balaban J connectivity index is 1.48. The third kappa shape index (κ3) is 3.33. The van der Waals surface area contributed by atoms with Gasteiger partial charge in [0.2, 0.25) is 5.91 Å². The largest absolute Gasteiger partial charge is 0.384 e. The minimum absolute atomic E-state index is 0.290. The molecule has 0 saturated carbocycles. The molecule has 118 valence electrons. The van der Waals surface area contributed by atoms with Crippen LogP contribution in [0.3, 0.4) is 0 Å². The first kappa shape index (κ1) is 15.1. The van der Waals surface area contributed by atoms with E-state index in [9.17, 15) is 4.79 Å². The maximum Gasteiger partial charge on any atom is 0.222 e. The molecule has 1 saturated heterocycles. The number of methoxy groups -OCH3 is 1. The summed E-state index contributed by atoms with van der Waals surface area (Å²) in [6.07, 6.45) is 5.64. The zero-order valence-corrected chi connectivity index (χ0v) is 13.2. The molecular formula is C18H24N2O2. The Morgan fingerprint density at radius 1 is 1.41 bits per heavy atom. The number of para-hydroxylation sites is 1. The minimum atomic E-state index is 0.290. The molecule has 1 fully saturated rings. The first-order chi connectivity index (χ1) is 10.8. The third-order valence-corrected chi connectivity index (χ3v) is 4.55. The minimum Gasteiger partial charge on any atom is -0.384 e. The highest BCUT2D eigenvalue weighted by atomic mass is 16.5. The summed E-state index contributed by atoms with van der Waals surface area (Å²) in [5.41, 5.74) is 2.48. The molecule has 1 N–H and O–H groups in total. The summed E-state index contributed by atoms with van der Waals surface area (Å²) in [4.78, 5) is 17.6. The number of aromatic amines is 1. The average Bonchev–Trinajstić information content (AvgIpc) is 3.15. The molecule has 0 aliphatic carbocycles. The highest BCUT2D eigenvalue weighted by Crippen LogP contribution is 2.21. The van der Waals surface area contributed by atoms with Crippen molar-refractivity contribution in [2.24, 2.45) is 5.92 Å². The molecule has 1 aromatic carbocycles. The van der Waals surface area contributed by atoms with Gasteiger partial charge in [0.05, 0.1) is 6.61 Å². The van der Waals surface area contributed by atoms with E-state index in [0.717, 1.165) is 39.0 Å². The van der Waals surface area contributed by atoms with E-state index in [1.807, 2.05) is 11.0 Å². The molecule has 0 spiro atoms.